The Kier molecular flexibility index (Phi) is 5.04. The molecular weight excluding hydrogens is 442 g/mol. The second-order valence-corrected chi connectivity index (χ2v) is 21.3. The van der Waals surface area contributed by atoms with Crippen molar-refractivity contribution in [2.45, 2.75) is 9.45 Å². The maximum absolute atomic E-state index is 16.6. The summed E-state index contributed by atoms with van der Waals surface area (Å²) >= 11 is -7.88. The van der Waals surface area contributed by atoms with Gasteiger partial charge in [0.25, 0.3) is 0 Å². The zero-order valence-electron chi connectivity index (χ0n) is 17.8. The third kappa shape index (κ3) is 2.87. The van der Waals surface area contributed by atoms with Crippen LogP contribution in [0.25, 0.3) is 0 Å². The number of anilines is 3. The van der Waals surface area contributed by atoms with Gasteiger partial charge in [0.2, 0.25) is 0 Å². The SMILES string of the molecule is C=C[CH2][Ti](=[O])([CH2]C=C)([O]O)([O]c1cccc(N)c1)([c]1cccc(N)c1)[c]1cccc(N)c1. The summed E-state index contributed by atoms with van der Waals surface area (Å²) < 4.78 is 27.8. The zero-order chi connectivity index (χ0) is 23.6. The third-order valence-corrected chi connectivity index (χ3v) is 20.3. The molecule has 0 spiro atoms. The van der Waals surface area contributed by atoms with Crippen molar-refractivity contribution in [1.29, 1.82) is 0 Å². The molecule has 32 heavy (non-hydrogen) atoms. The van der Waals surface area contributed by atoms with E-state index in [0.717, 1.165) is 0 Å². The average molecular weight is 471 g/mol. The van der Waals surface area contributed by atoms with Crippen molar-refractivity contribution in [3.8, 4) is 5.75 Å². The van der Waals surface area contributed by atoms with Crippen molar-refractivity contribution in [1.82, 2.24) is 0 Å². The molecular formula is C24H29N3O4Ti. The third-order valence-electron chi connectivity index (χ3n) is 6.67. The van der Waals surface area contributed by atoms with Crippen LogP contribution in [0.1, 0.15) is 0 Å². The molecule has 0 unspecified atom stereocenters. The van der Waals surface area contributed by atoms with Gasteiger partial charge >= 0.3 is 184 Å². The first kappa shape index (κ1) is 23.4. The minimum atomic E-state index is -7.88. The molecule has 168 valence electrons. The molecule has 7 N–H and O–H groups in total. The summed E-state index contributed by atoms with van der Waals surface area (Å²) in [5, 5.41) is 11.0. The molecule has 0 atom stereocenters. The van der Waals surface area contributed by atoms with Gasteiger partial charge in [-0.25, -0.2) is 0 Å². The van der Waals surface area contributed by atoms with Crippen LogP contribution in [0.4, 0.5) is 17.1 Å². The number of nitrogen functional groups attached to an aromatic ring is 3. The first-order valence-corrected chi connectivity index (χ1v) is 15.9. The van der Waals surface area contributed by atoms with Crippen molar-refractivity contribution in [3.63, 3.8) is 0 Å². The molecule has 3 rings (SSSR count). The molecule has 3 aromatic carbocycles. The molecule has 0 aliphatic carbocycles. The molecule has 0 amide bonds. The molecule has 0 aliphatic heterocycles. The first-order valence-electron chi connectivity index (χ1n) is 10.2. The molecule has 0 heterocycles. The number of benzene rings is 3. The van der Waals surface area contributed by atoms with Gasteiger partial charge in [-0.15, -0.1) is 0 Å². The Balaban J connectivity index is 2.74. The summed E-state index contributed by atoms with van der Waals surface area (Å²) in [6.07, 6.45) is 2.75. The standard InChI is InChI=1S/C6H7NO.2C6H6N.2C3H5.H2O2.O.Ti/c7-5-2-1-3-6(8)4-5;2*7-6-4-2-1-3-5-6;2*1-3-2;1-2;;/h1-4,8H,7H2;2*1-2,4-5H,7H2;2*3H,1-2H2;1-2H;;/q;;;;;;;+2/p-2. The fourth-order valence-electron chi connectivity index (χ4n) is 4.98. The van der Waals surface area contributed by atoms with Gasteiger partial charge < -0.3 is 0 Å². The van der Waals surface area contributed by atoms with E-state index >= 15 is 3.32 Å². The molecule has 0 radical (unpaired) electrons. The molecule has 0 aromatic heterocycles. The van der Waals surface area contributed by atoms with E-state index in [1.165, 1.54) is 42.5 Å². The van der Waals surface area contributed by atoms with Crippen molar-refractivity contribution < 1.29 is 28.9 Å². The summed E-state index contributed by atoms with van der Waals surface area (Å²) in [6.45, 7) is 7.64. The van der Waals surface area contributed by atoms with Crippen LogP contribution in [0.15, 0.2) is 98.1 Å². The van der Waals surface area contributed by atoms with Gasteiger partial charge in [-0.05, 0) is 0 Å². The minimum absolute atomic E-state index is 0.0400. The molecule has 0 saturated heterocycles. The van der Waals surface area contributed by atoms with Crippen LogP contribution < -0.4 is 28.3 Å². The summed E-state index contributed by atoms with van der Waals surface area (Å²) in [4.78, 5) is 0. The summed E-state index contributed by atoms with van der Waals surface area (Å²) in [5.41, 5.74) is 19.1. The maximum atomic E-state index is 16.6. The van der Waals surface area contributed by atoms with Crippen molar-refractivity contribution in [3.05, 3.63) is 98.1 Å². The molecule has 0 bridgehead atoms. The van der Waals surface area contributed by atoms with E-state index < -0.39 is 22.9 Å². The van der Waals surface area contributed by atoms with E-state index in [2.05, 4.69) is 13.2 Å². The van der Waals surface area contributed by atoms with Gasteiger partial charge in [-0.2, -0.15) is 0 Å². The van der Waals surface area contributed by atoms with E-state index in [9.17, 15) is 5.26 Å². The summed E-state index contributed by atoms with van der Waals surface area (Å²) in [6, 6.07) is 18.8. The van der Waals surface area contributed by atoms with Crippen molar-refractivity contribution in [2.75, 3.05) is 17.2 Å². The number of hydrogen-bond acceptors (Lipinski definition) is 7. The molecule has 8 heteroatoms. The number of rotatable bonds is 9. The fourth-order valence-corrected chi connectivity index (χ4v) is 16.4. The predicted octanol–water partition coefficient (Wildman–Crippen LogP) is 4.10. The van der Waals surface area contributed by atoms with Gasteiger partial charge in [0.05, 0.1) is 0 Å². The van der Waals surface area contributed by atoms with E-state index in [-0.39, 0.29) is 24.9 Å². The second-order valence-electron chi connectivity index (χ2n) is 8.81. The van der Waals surface area contributed by atoms with E-state index in [0.29, 0.717) is 5.69 Å². The van der Waals surface area contributed by atoms with Crippen LogP contribution in [0.2, 0.25) is 9.45 Å². The molecule has 3 aromatic rings. The number of hydrogen-bond donors (Lipinski definition) is 4. The quantitative estimate of drug-likeness (QED) is 0.121. The van der Waals surface area contributed by atoms with E-state index in [1.807, 2.05) is 0 Å². The number of allylic oxidation sites excluding steroid dienone is 2. The fraction of sp³-hybridized carbons (Fsp3) is 0.0833. The van der Waals surface area contributed by atoms with Crippen LogP contribution in [-0.2, 0) is 20.3 Å². The van der Waals surface area contributed by atoms with Gasteiger partial charge in [-0.3, -0.25) is 0 Å². The first-order chi connectivity index (χ1) is 15.0. The van der Waals surface area contributed by atoms with Gasteiger partial charge in [0.15, 0.2) is 0 Å². The monoisotopic (exact) mass is 471 g/mol. The number of nitrogens with two attached hydrogens (primary N) is 3. The van der Waals surface area contributed by atoms with Crippen molar-refractivity contribution in [2.24, 2.45) is 0 Å². The normalized spacial score (nSPS) is 14.8. The van der Waals surface area contributed by atoms with Crippen LogP contribution in [-0.4, -0.2) is 5.26 Å². The molecule has 0 aliphatic rings. The Bertz CT molecular complexity index is 1280. The molecule has 0 fully saturated rings. The van der Waals surface area contributed by atoms with Crippen LogP contribution >= 0.6 is 0 Å². The molecule has 0 saturated carbocycles. The van der Waals surface area contributed by atoms with Gasteiger partial charge in [0, 0.05) is 0 Å². The summed E-state index contributed by atoms with van der Waals surface area (Å²) in [5.74, 6) is 0.110. The topological polar surface area (TPSA) is 134 Å². The Morgan fingerprint density at radius 3 is 1.59 bits per heavy atom. The Hall–Kier alpha value is -3.23. The van der Waals surface area contributed by atoms with Crippen LogP contribution in [0.5, 0.6) is 5.75 Å². The van der Waals surface area contributed by atoms with Crippen molar-refractivity contribution >= 4 is 24.8 Å². The molecule has 7 nitrogen and oxygen atoms in total. The summed E-state index contributed by atoms with van der Waals surface area (Å²) in [7, 11) is 0. The Morgan fingerprint density at radius 1 is 0.781 bits per heavy atom. The van der Waals surface area contributed by atoms with E-state index in [1.54, 1.807) is 42.5 Å². The van der Waals surface area contributed by atoms with E-state index in [4.69, 9.17) is 24.0 Å². The van der Waals surface area contributed by atoms with Gasteiger partial charge in [0.1, 0.15) is 0 Å². The second kappa shape index (κ2) is 6.89. The Morgan fingerprint density at radius 2 is 1.22 bits per heavy atom. The average Bonchev–Trinajstić information content (AvgIpc) is 2.75. The Labute approximate surface area is 183 Å². The van der Waals surface area contributed by atoms with Crippen LogP contribution in [0.3, 0.4) is 0 Å². The van der Waals surface area contributed by atoms with Gasteiger partial charge in [-0.1, -0.05) is 0 Å². The zero-order valence-corrected chi connectivity index (χ0v) is 19.4. The van der Waals surface area contributed by atoms with Crippen LogP contribution in [0, 0.1) is 0 Å². The predicted molar refractivity (Wildman–Crippen MR) is 127 cm³/mol.